The van der Waals surface area contributed by atoms with Gasteiger partial charge in [0.1, 0.15) is 6.29 Å². The third kappa shape index (κ3) is 1.84. The van der Waals surface area contributed by atoms with Crippen LogP contribution >= 0.6 is 0 Å². The number of Topliss-reactive ketones (excluding diaryl/α,β-unsaturated/α-hetero) is 2. The van der Waals surface area contributed by atoms with Crippen molar-refractivity contribution in [2.75, 3.05) is 0 Å². The highest BCUT2D eigenvalue weighted by atomic mass is 16.1. The van der Waals surface area contributed by atoms with Gasteiger partial charge < -0.3 is 4.79 Å². The van der Waals surface area contributed by atoms with Crippen LogP contribution in [0.25, 0.3) is 0 Å². The number of aldehydes is 1. The summed E-state index contributed by atoms with van der Waals surface area (Å²) in [6.45, 7) is 3.82. The Morgan fingerprint density at radius 3 is 2.57 bits per heavy atom. The molecule has 0 heterocycles. The Labute approximate surface area is 124 Å². The number of hydrogen-bond acceptors (Lipinski definition) is 3. The highest BCUT2D eigenvalue weighted by molar-refractivity contribution is 6.18. The molecule has 21 heavy (non-hydrogen) atoms. The summed E-state index contributed by atoms with van der Waals surface area (Å²) in [5.74, 6) is -0.511. The van der Waals surface area contributed by atoms with Crippen LogP contribution in [0.2, 0.25) is 0 Å². The lowest BCUT2D eigenvalue weighted by Gasteiger charge is -2.46. The Bertz CT molecular complexity index is 671. The molecule has 0 saturated carbocycles. The molecule has 0 spiro atoms. The van der Waals surface area contributed by atoms with Gasteiger partial charge in [0, 0.05) is 28.9 Å². The van der Waals surface area contributed by atoms with E-state index < -0.39 is 5.41 Å². The van der Waals surface area contributed by atoms with E-state index in [-0.39, 0.29) is 29.8 Å². The number of carbonyl (C=O) groups excluding carboxylic acids is 3. The van der Waals surface area contributed by atoms with Crippen molar-refractivity contribution in [2.24, 2.45) is 17.3 Å². The first-order valence-corrected chi connectivity index (χ1v) is 7.29. The number of hydrogen-bond donors (Lipinski definition) is 0. The molecule has 0 aliphatic heterocycles. The van der Waals surface area contributed by atoms with Gasteiger partial charge in [-0.25, -0.2) is 0 Å². The number of carbonyl (C=O) groups is 3. The quantitative estimate of drug-likeness (QED) is 0.618. The molecule has 1 aromatic rings. The third-order valence-corrected chi connectivity index (χ3v) is 5.10. The van der Waals surface area contributed by atoms with Crippen LogP contribution in [0.1, 0.15) is 47.4 Å². The normalized spacial score (nSPS) is 31.2. The van der Waals surface area contributed by atoms with E-state index in [0.29, 0.717) is 17.5 Å². The fourth-order valence-electron chi connectivity index (χ4n) is 3.86. The Morgan fingerprint density at radius 1 is 1.24 bits per heavy atom. The van der Waals surface area contributed by atoms with Crippen molar-refractivity contribution in [2.45, 2.75) is 26.7 Å². The molecule has 3 nitrogen and oxygen atoms in total. The van der Waals surface area contributed by atoms with Crippen molar-refractivity contribution in [3.63, 3.8) is 0 Å². The molecule has 2 aliphatic rings. The lowest BCUT2D eigenvalue weighted by atomic mass is 9.54. The Kier molecular flexibility index (Phi) is 3.16. The molecular formula is C18H18O3. The van der Waals surface area contributed by atoms with Crippen LogP contribution < -0.4 is 0 Å². The first-order chi connectivity index (χ1) is 10.00. The van der Waals surface area contributed by atoms with Crippen LogP contribution in [-0.4, -0.2) is 17.9 Å². The van der Waals surface area contributed by atoms with E-state index >= 15 is 0 Å². The number of ketones is 2. The maximum Gasteiger partial charge on any atom is 0.170 e. The molecular weight excluding hydrogens is 264 g/mol. The maximum atomic E-state index is 13.0. The van der Waals surface area contributed by atoms with Crippen molar-refractivity contribution < 1.29 is 14.4 Å². The summed E-state index contributed by atoms with van der Waals surface area (Å²) < 4.78 is 0. The molecule has 2 aliphatic carbocycles. The van der Waals surface area contributed by atoms with Gasteiger partial charge >= 0.3 is 0 Å². The minimum Gasteiger partial charge on any atom is -0.303 e. The van der Waals surface area contributed by atoms with E-state index in [1.807, 2.05) is 19.9 Å². The summed E-state index contributed by atoms with van der Waals surface area (Å²) in [6, 6.07) is 7.03. The first kappa shape index (κ1) is 13.9. The fourth-order valence-corrected chi connectivity index (χ4v) is 3.86. The topological polar surface area (TPSA) is 51.2 Å². The molecule has 1 aromatic carbocycles. The summed E-state index contributed by atoms with van der Waals surface area (Å²) >= 11 is 0. The zero-order chi connectivity index (χ0) is 15.2. The first-order valence-electron chi connectivity index (χ1n) is 7.29. The van der Waals surface area contributed by atoms with Crippen molar-refractivity contribution in [3.05, 3.63) is 47.0 Å². The van der Waals surface area contributed by atoms with E-state index in [9.17, 15) is 14.4 Å². The maximum absolute atomic E-state index is 13.0. The molecule has 0 saturated heterocycles. The summed E-state index contributed by atoms with van der Waals surface area (Å²) in [5.41, 5.74) is 1.32. The molecule has 108 valence electrons. The van der Waals surface area contributed by atoms with Crippen LogP contribution in [0.5, 0.6) is 0 Å². The van der Waals surface area contributed by atoms with E-state index in [1.165, 1.54) is 0 Å². The van der Waals surface area contributed by atoms with Crippen molar-refractivity contribution in [1.29, 1.82) is 0 Å². The van der Waals surface area contributed by atoms with E-state index in [2.05, 4.69) is 0 Å². The lowest BCUT2D eigenvalue weighted by molar-refractivity contribution is -0.109. The second-order valence-electron chi connectivity index (χ2n) is 6.30. The number of allylic oxidation sites excluding steroid dienone is 2. The molecule has 0 bridgehead atoms. The van der Waals surface area contributed by atoms with Gasteiger partial charge in [-0.1, -0.05) is 42.8 Å². The standard InChI is InChI=1S/C18H18O3/c1-11-9-12(7-8-19)18(2)15(10-11)16(20)13-5-3-4-6-14(13)17(18)21/h3-6,8-9,12,15H,7,10H2,1-2H3/t12-,15+,18+/m1/s1. The second kappa shape index (κ2) is 4.76. The molecule has 0 aromatic heterocycles. The monoisotopic (exact) mass is 282 g/mol. The predicted octanol–water partition coefficient (Wildman–Crippen LogP) is 3.24. The zero-order valence-corrected chi connectivity index (χ0v) is 12.3. The van der Waals surface area contributed by atoms with Gasteiger partial charge in [0.25, 0.3) is 0 Å². The molecule has 0 fully saturated rings. The zero-order valence-electron chi connectivity index (χ0n) is 12.3. The number of rotatable bonds is 2. The molecule has 0 radical (unpaired) electrons. The van der Waals surface area contributed by atoms with Gasteiger partial charge in [0.05, 0.1) is 0 Å². The highest BCUT2D eigenvalue weighted by Gasteiger charge is 2.55. The molecule has 3 atom stereocenters. The molecule has 3 rings (SSSR count). The molecule has 3 heteroatoms. The number of fused-ring (bicyclic) bond motifs is 2. The van der Waals surface area contributed by atoms with Gasteiger partial charge in [-0.15, -0.1) is 0 Å². The van der Waals surface area contributed by atoms with Gasteiger partial charge in [0.15, 0.2) is 11.6 Å². The fraction of sp³-hybridized carbons (Fsp3) is 0.389. The van der Waals surface area contributed by atoms with Crippen LogP contribution in [0, 0.1) is 17.3 Å². The van der Waals surface area contributed by atoms with E-state index in [0.717, 1.165) is 11.9 Å². The minimum atomic E-state index is -0.800. The average Bonchev–Trinajstić information content (AvgIpc) is 2.48. The SMILES string of the molecule is CC1=C[C@@H](CC=O)[C@]2(C)C(=O)c3ccccc3C(=O)[C@@H]2C1. The van der Waals surface area contributed by atoms with Crippen molar-refractivity contribution in [3.8, 4) is 0 Å². The largest absolute Gasteiger partial charge is 0.303 e. The van der Waals surface area contributed by atoms with Gasteiger partial charge in [-0.2, -0.15) is 0 Å². The van der Waals surface area contributed by atoms with E-state index in [1.54, 1.807) is 24.3 Å². The van der Waals surface area contributed by atoms with Crippen molar-refractivity contribution >= 4 is 17.9 Å². The minimum absolute atomic E-state index is 0.00157. The summed E-state index contributed by atoms with van der Waals surface area (Å²) in [6.07, 6.45) is 3.74. The average molecular weight is 282 g/mol. The van der Waals surface area contributed by atoms with Crippen molar-refractivity contribution in [1.82, 2.24) is 0 Å². The Morgan fingerprint density at radius 2 is 1.90 bits per heavy atom. The highest BCUT2D eigenvalue weighted by Crippen LogP contribution is 2.51. The van der Waals surface area contributed by atoms with Crippen LogP contribution in [-0.2, 0) is 4.79 Å². The van der Waals surface area contributed by atoms with E-state index in [4.69, 9.17) is 0 Å². The van der Waals surface area contributed by atoms with Gasteiger partial charge in [-0.3, -0.25) is 9.59 Å². The summed E-state index contributed by atoms with van der Waals surface area (Å²) in [7, 11) is 0. The smallest absolute Gasteiger partial charge is 0.170 e. The van der Waals surface area contributed by atoms with Gasteiger partial charge in [0.2, 0.25) is 0 Å². The molecule has 0 unspecified atom stereocenters. The Hall–Kier alpha value is -2.03. The lowest BCUT2D eigenvalue weighted by Crippen LogP contribution is -2.51. The third-order valence-electron chi connectivity index (χ3n) is 5.10. The summed E-state index contributed by atoms with van der Waals surface area (Å²) in [5, 5.41) is 0. The number of benzene rings is 1. The van der Waals surface area contributed by atoms with Crippen LogP contribution in [0.15, 0.2) is 35.9 Å². The van der Waals surface area contributed by atoms with Crippen LogP contribution in [0.4, 0.5) is 0 Å². The predicted molar refractivity (Wildman–Crippen MR) is 79.2 cm³/mol. The second-order valence-corrected chi connectivity index (χ2v) is 6.30. The summed E-state index contributed by atoms with van der Waals surface area (Å²) in [4.78, 5) is 36.8. The molecule has 0 N–H and O–H groups in total. The Balaban J connectivity index is 2.20. The van der Waals surface area contributed by atoms with Crippen LogP contribution in [0.3, 0.4) is 0 Å². The molecule has 0 amide bonds. The van der Waals surface area contributed by atoms with Gasteiger partial charge in [-0.05, 0) is 19.3 Å².